The third-order valence-corrected chi connectivity index (χ3v) is 4.78. The second-order valence-corrected chi connectivity index (χ2v) is 7.45. The lowest BCUT2D eigenvalue weighted by atomic mass is 9.71. The Morgan fingerprint density at radius 1 is 1.13 bits per heavy atom. The van der Waals surface area contributed by atoms with Crippen molar-refractivity contribution in [3.8, 4) is 0 Å². The molecule has 2 aliphatic rings. The summed E-state index contributed by atoms with van der Waals surface area (Å²) in [7, 11) is 0. The van der Waals surface area contributed by atoms with Crippen LogP contribution in [0.4, 0.5) is 0 Å². The highest BCUT2D eigenvalue weighted by Gasteiger charge is 2.46. The van der Waals surface area contributed by atoms with Gasteiger partial charge < -0.3 is 4.74 Å². The van der Waals surface area contributed by atoms with E-state index in [0.717, 1.165) is 18.4 Å². The van der Waals surface area contributed by atoms with E-state index in [1.165, 1.54) is 0 Å². The average molecular weight is 312 g/mol. The average Bonchev–Trinajstić information content (AvgIpc) is 2.49. The molecule has 1 aromatic rings. The Morgan fingerprint density at radius 2 is 1.83 bits per heavy atom. The quantitative estimate of drug-likeness (QED) is 0.778. The molecule has 0 spiro atoms. The molecule has 2 unspecified atom stereocenters. The zero-order valence-electron chi connectivity index (χ0n) is 14.1. The molecule has 0 bridgehead atoms. The fourth-order valence-electron chi connectivity index (χ4n) is 3.73. The second kappa shape index (κ2) is 5.95. The van der Waals surface area contributed by atoms with Crippen LogP contribution in [0.2, 0.25) is 0 Å². The first kappa shape index (κ1) is 16.0. The Kier molecular flexibility index (Phi) is 4.13. The standard InChI is InChI=1S/C20H24O3/c1-4-8-14-18(22)17-15(21)11-20(2,3)12-16(17)23-19(14)13-9-6-5-7-10-13/h5-7,9-10,14,19H,4,8,11-12H2,1-3H3. The minimum atomic E-state index is -0.274. The van der Waals surface area contributed by atoms with Crippen LogP contribution in [0.5, 0.6) is 0 Å². The Labute approximate surface area is 137 Å². The third kappa shape index (κ3) is 2.97. The lowest BCUT2D eigenvalue weighted by molar-refractivity contribution is -0.133. The zero-order chi connectivity index (χ0) is 16.6. The number of allylic oxidation sites excluding steroid dienone is 2. The molecule has 0 amide bonds. The van der Waals surface area contributed by atoms with E-state index < -0.39 is 0 Å². The predicted molar refractivity (Wildman–Crippen MR) is 88.7 cm³/mol. The summed E-state index contributed by atoms with van der Waals surface area (Å²) in [5.41, 5.74) is 1.21. The number of carbonyl (C=O) groups is 2. The molecule has 1 aliphatic heterocycles. The van der Waals surface area contributed by atoms with E-state index in [4.69, 9.17) is 4.74 Å². The van der Waals surface area contributed by atoms with Crippen molar-refractivity contribution >= 4 is 11.6 Å². The van der Waals surface area contributed by atoms with Gasteiger partial charge in [-0.3, -0.25) is 9.59 Å². The first-order valence-electron chi connectivity index (χ1n) is 8.45. The monoisotopic (exact) mass is 312 g/mol. The summed E-state index contributed by atoms with van der Waals surface area (Å²) in [5.74, 6) is 0.292. The van der Waals surface area contributed by atoms with Crippen molar-refractivity contribution < 1.29 is 14.3 Å². The molecule has 0 fully saturated rings. The van der Waals surface area contributed by atoms with E-state index >= 15 is 0 Å². The van der Waals surface area contributed by atoms with E-state index in [0.29, 0.717) is 24.2 Å². The van der Waals surface area contributed by atoms with Gasteiger partial charge in [-0.05, 0) is 17.4 Å². The van der Waals surface area contributed by atoms with Gasteiger partial charge in [0.1, 0.15) is 11.9 Å². The van der Waals surface area contributed by atoms with Crippen molar-refractivity contribution in [2.75, 3.05) is 0 Å². The molecule has 3 nitrogen and oxygen atoms in total. The maximum atomic E-state index is 13.0. The van der Waals surface area contributed by atoms with Gasteiger partial charge in [0, 0.05) is 12.8 Å². The Balaban J connectivity index is 2.03. The molecule has 0 saturated heterocycles. The highest BCUT2D eigenvalue weighted by atomic mass is 16.5. The van der Waals surface area contributed by atoms with E-state index in [1.54, 1.807) is 0 Å². The number of rotatable bonds is 3. The molecule has 23 heavy (non-hydrogen) atoms. The molecule has 1 aliphatic carbocycles. The number of benzene rings is 1. The molecule has 1 aromatic carbocycles. The largest absolute Gasteiger partial charge is 0.488 e. The minimum absolute atomic E-state index is 0.0116. The maximum absolute atomic E-state index is 13.0. The molecular formula is C20H24O3. The number of ketones is 2. The zero-order valence-corrected chi connectivity index (χ0v) is 14.1. The van der Waals surface area contributed by atoms with Gasteiger partial charge in [0.2, 0.25) is 0 Å². The third-order valence-electron chi connectivity index (χ3n) is 4.78. The Bertz CT molecular complexity index is 655. The van der Waals surface area contributed by atoms with Gasteiger partial charge in [-0.2, -0.15) is 0 Å². The van der Waals surface area contributed by atoms with Crippen molar-refractivity contribution in [2.24, 2.45) is 11.3 Å². The van der Waals surface area contributed by atoms with Crippen molar-refractivity contribution in [1.82, 2.24) is 0 Å². The Hall–Kier alpha value is -1.90. The molecule has 2 atom stereocenters. The minimum Gasteiger partial charge on any atom is -0.488 e. The summed E-state index contributed by atoms with van der Waals surface area (Å²) >= 11 is 0. The molecule has 0 saturated carbocycles. The van der Waals surface area contributed by atoms with Crippen molar-refractivity contribution in [3.63, 3.8) is 0 Å². The van der Waals surface area contributed by atoms with E-state index in [2.05, 4.69) is 20.8 Å². The number of carbonyl (C=O) groups excluding carboxylic acids is 2. The van der Waals surface area contributed by atoms with Gasteiger partial charge in [-0.15, -0.1) is 0 Å². The van der Waals surface area contributed by atoms with Crippen molar-refractivity contribution in [1.29, 1.82) is 0 Å². The lowest BCUT2D eigenvalue weighted by Crippen LogP contribution is -2.39. The summed E-state index contributed by atoms with van der Waals surface area (Å²) in [6.45, 7) is 6.17. The molecule has 3 rings (SSSR count). The Morgan fingerprint density at radius 3 is 2.48 bits per heavy atom. The molecule has 0 N–H and O–H groups in total. The summed E-state index contributed by atoms with van der Waals surface area (Å²) < 4.78 is 6.26. The van der Waals surface area contributed by atoms with Crippen LogP contribution in [-0.4, -0.2) is 11.6 Å². The first-order valence-corrected chi connectivity index (χ1v) is 8.45. The van der Waals surface area contributed by atoms with Gasteiger partial charge >= 0.3 is 0 Å². The molecule has 122 valence electrons. The number of Topliss-reactive ketones (excluding diaryl/α,β-unsaturated/α-hetero) is 2. The van der Waals surface area contributed by atoms with Crippen LogP contribution in [0.15, 0.2) is 41.7 Å². The molecule has 0 radical (unpaired) electrons. The van der Waals surface area contributed by atoms with Crippen molar-refractivity contribution in [3.05, 3.63) is 47.2 Å². The van der Waals surface area contributed by atoms with Gasteiger partial charge in [0.25, 0.3) is 0 Å². The SMILES string of the molecule is CCCC1C(=O)C2=C(CC(C)(C)CC2=O)OC1c1ccccc1. The van der Waals surface area contributed by atoms with Crippen LogP contribution < -0.4 is 0 Å². The summed E-state index contributed by atoms with van der Waals surface area (Å²) in [4.78, 5) is 25.5. The summed E-state index contributed by atoms with van der Waals surface area (Å²) in [6.07, 6.45) is 2.44. The highest BCUT2D eigenvalue weighted by molar-refractivity contribution is 6.22. The number of hydrogen-bond donors (Lipinski definition) is 0. The fraction of sp³-hybridized carbons (Fsp3) is 0.500. The molecule has 0 aromatic heterocycles. The van der Waals surface area contributed by atoms with Crippen LogP contribution in [0.3, 0.4) is 0 Å². The molecule has 3 heteroatoms. The van der Waals surface area contributed by atoms with E-state index in [-0.39, 0.29) is 29.0 Å². The fourth-order valence-corrected chi connectivity index (χ4v) is 3.73. The van der Waals surface area contributed by atoms with Crippen LogP contribution in [-0.2, 0) is 14.3 Å². The number of hydrogen-bond acceptors (Lipinski definition) is 3. The van der Waals surface area contributed by atoms with Crippen molar-refractivity contribution in [2.45, 2.75) is 52.6 Å². The van der Waals surface area contributed by atoms with Gasteiger partial charge in [0.15, 0.2) is 11.6 Å². The smallest absolute Gasteiger partial charge is 0.176 e. The lowest BCUT2D eigenvalue weighted by Gasteiger charge is -2.39. The topological polar surface area (TPSA) is 43.4 Å². The number of ether oxygens (including phenoxy) is 1. The predicted octanol–water partition coefficient (Wildman–Crippen LogP) is 4.39. The second-order valence-electron chi connectivity index (χ2n) is 7.45. The molecule has 1 heterocycles. The highest BCUT2D eigenvalue weighted by Crippen LogP contribution is 2.46. The summed E-state index contributed by atoms with van der Waals surface area (Å²) in [5, 5.41) is 0. The van der Waals surface area contributed by atoms with Crippen LogP contribution in [0.1, 0.15) is 58.1 Å². The summed E-state index contributed by atoms with van der Waals surface area (Å²) in [6, 6.07) is 9.89. The van der Waals surface area contributed by atoms with Gasteiger partial charge in [-0.25, -0.2) is 0 Å². The first-order chi connectivity index (χ1) is 10.9. The molecular weight excluding hydrogens is 288 g/mol. The van der Waals surface area contributed by atoms with E-state index in [9.17, 15) is 9.59 Å². The van der Waals surface area contributed by atoms with Crippen LogP contribution in [0, 0.1) is 11.3 Å². The normalized spacial score (nSPS) is 26.7. The van der Waals surface area contributed by atoms with Gasteiger partial charge in [0.05, 0.1) is 11.5 Å². The van der Waals surface area contributed by atoms with Crippen LogP contribution >= 0.6 is 0 Å². The van der Waals surface area contributed by atoms with Gasteiger partial charge in [-0.1, -0.05) is 57.5 Å². The maximum Gasteiger partial charge on any atom is 0.176 e. The van der Waals surface area contributed by atoms with E-state index in [1.807, 2.05) is 30.3 Å². The van der Waals surface area contributed by atoms with Crippen LogP contribution in [0.25, 0.3) is 0 Å².